The van der Waals surface area contributed by atoms with E-state index in [2.05, 4.69) is 25.2 Å². The molecular formula is C12H17N5O3S. The van der Waals surface area contributed by atoms with Crippen molar-refractivity contribution >= 4 is 15.8 Å². The van der Waals surface area contributed by atoms with Gasteiger partial charge in [-0.3, -0.25) is 0 Å². The maximum atomic E-state index is 12.2. The predicted molar refractivity (Wildman–Crippen MR) is 76.2 cm³/mol. The zero-order valence-corrected chi connectivity index (χ0v) is 12.4. The fourth-order valence-corrected chi connectivity index (χ4v) is 2.65. The molecule has 0 bridgehead atoms. The van der Waals surface area contributed by atoms with Crippen LogP contribution >= 0.6 is 0 Å². The van der Waals surface area contributed by atoms with Crippen LogP contribution in [0, 0.1) is 0 Å². The lowest BCUT2D eigenvalue weighted by Gasteiger charge is -2.08. The number of nitrogens with one attached hydrogen (secondary N) is 2. The molecule has 0 unspecified atom stereocenters. The summed E-state index contributed by atoms with van der Waals surface area (Å²) in [7, 11) is -3.58. The number of pyridine rings is 1. The van der Waals surface area contributed by atoms with Crippen molar-refractivity contribution in [1.29, 1.82) is 0 Å². The minimum Gasteiger partial charge on any atom is -0.370 e. The normalized spacial score (nSPS) is 11.5. The molecule has 0 spiro atoms. The molecule has 0 aliphatic heterocycles. The quantitative estimate of drug-likeness (QED) is 0.742. The summed E-state index contributed by atoms with van der Waals surface area (Å²) in [6.45, 7) is 2.94. The smallest absolute Gasteiger partial charge is 0.240 e. The van der Waals surface area contributed by atoms with Gasteiger partial charge in [0, 0.05) is 31.8 Å². The van der Waals surface area contributed by atoms with Crippen LogP contribution in [-0.4, -0.2) is 36.6 Å². The zero-order valence-electron chi connectivity index (χ0n) is 11.6. The molecule has 0 saturated carbocycles. The number of anilines is 1. The molecule has 2 N–H and O–H groups in total. The summed E-state index contributed by atoms with van der Waals surface area (Å²) in [4.78, 5) is 8.07. The van der Waals surface area contributed by atoms with Crippen molar-refractivity contribution in [3.05, 3.63) is 30.5 Å². The van der Waals surface area contributed by atoms with Crippen molar-refractivity contribution in [2.45, 2.75) is 24.7 Å². The number of sulfonamides is 1. The highest BCUT2D eigenvalue weighted by atomic mass is 32.2. The largest absolute Gasteiger partial charge is 0.370 e. The van der Waals surface area contributed by atoms with Crippen molar-refractivity contribution in [1.82, 2.24) is 19.8 Å². The average molecular weight is 311 g/mol. The number of nitrogens with zero attached hydrogens (tertiary/aromatic N) is 3. The summed E-state index contributed by atoms with van der Waals surface area (Å²) in [6, 6.07) is 2.96. The van der Waals surface area contributed by atoms with Crippen molar-refractivity contribution in [3.63, 3.8) is 0 Å². The van der Waals surface area contributed by atoms with Crippen LogP contribution in [-0.2, 0) is 16.4 Å². The van der Waals surface area contributed by atoms with Gasteiger partial charge in [-0.25, -0.2) is 18.1 Å². The molecule has 9 heteroatoms. The highest BCUT2D eigenvalue weighted by molar-refractivity contribution is 7.89. The molecule has 2 aromatic rings. The Bertz CT molecular complexity index is 657. The highest BCUT2D eigenvalue weighted by Gasteiger charge is 2.14. The van der Waals surface area contributed by atoms with Gasteiger partial charge in [-0.2, -0.15) is 4.98 Å². The maximum absolute atomic E-state index is 12.2. The Morgan fingerprint density at radius 1 is 1.29 bits per heavy atom. The molecule has 21 heavy (non-hydrogen) atoms. The molecule has 2 rings (SSSR count). The van der Waals surface area contributed by atoms with Crippen molar-refractivity contribution in [2.75, 3.05) is 18.4 Å². The molecule has 114 valence electrons. The first-order valence-electron chi connectivity index (χ1n) is 6.57. The second-order valence-corrected chi connectivity index (χ2v) is 6.05. The first-order valence-corrected chi connectivity index (χ1v) is 8.05. The van der Waals surface area contributed by atoms with Crippen molar-refractivity contribution in [3.8, 4) is 0 Å². The number of aromatic nitrogens is 3. The molecule has 0 aromatic carbocycles. The lowest BCUT2D eigenvalue weighted by atomic mass is 10.4. The van der Waals surface area contributed by atoms with E-state index in [1.807, 2.05) is 6.92 Å². The molecule has 8 nitrogen and oxygen atoms in total. The van der Waals surface area contributed by atoms with E-state index in [1.54, 1.807) is 0 Å². The third kappa shape index (κ3) is 4.50. The Morgan fingerprint density at radius 3 is 2.86 bits per heavy atom. The van der Waals surface area contributed by atoms with Crippen molar-refractivity contribution in [2.24, 2.45) is 0 Å². The summed E-state index contributed by atoms with van der Waals surface area (Å²) < 4.78 is 31.6. The van der Waals surface area contributed by atoms with E-state index in [-0.39, 0.29) is 11.4 Å². The summed E-state index contributed by atoms with van der Waals surface area (Å²) in [6.07, 6.45) is 4.01. The maximum Gasteiger partial charge on any atom is 0.240 e. The highest BCUT2D eigenvalue weighted by Crippen LogP contribution is 2.12. The Balaban J connectivity index is 1.98. The van der Waals surface area contributed by atoms with Crippen LogP contribution in [0.15, 0.2) is 34.1 Å². The Hall–Kier alpha value is -2.00. The molecule has 0 aliphatic carbocycles. The summed E-state index contributed by atoms with van der Waals surface area (Å²) >= 11 is 0. The van der Waals surface area contributed by atoms with Crippen LogP contribution in [0.5, 0.6) is 0 Å². The van der Waals surface area contributed by atoms with Gasteiger partial charge >= 0.3 is 0 Å². The fraction of sp³-hybridized carbons (Fsp3) is 0.417. The fourth-order valence-electron chi connectivity index (χ4n) is 1.61. The topological polar surface area (TPSA) is 110 Å². The summed E-state index contributed by atoms with van der Waals surface area (Å²) in [5.74, 6) is 0.925. The van der Waals surface area contributed by atoms with E-state index in [4.69, 9.17) is 4.52 Å². The molecule has 0 atom stereocenters. The average Bonchev–Trinajstić information content (AvgIpc) is 2.98. The van der Waals surface area contributed by atoms with Gasteiger partial charge in [0.25, 0.3) is 0 Å². The summed E-state index contributed by atoms with van der Waals surface area (Å²) in [5, 5.41) is 6.50. The number of hydrogen-bond acceptors (Lipinski definition) is 7. The van der Waals surface area contributed by atoms with Gasteiger partial charge in [0.1, 0.15) is 5.82 Å². The van der Waals surface area contributed by atoms with Gasteiger partial charge in [-0.1, -0.05) is 12.1 Å². The third-order valence-electron chi connectivity index (χ3n) is 2.64. The van der Waals surface area contributed by atoms with Crippen LogP contribution < -0.4 is 10.0 Å². The zero-order chi connectivity index (χ0) is 15.1. The van der Waals surface area contributed by atoms with Gasteiger partial charge in [0.15, 0.2) is 6.33 Å². The SMILES string of the molecule is CCCNc1cc(S(=O)(=O)NCCc2ncno2)ccn1. The van der Waals surface area contributed by atoms with E-state index in [0.29, 0.717) is 18.1 Å². The van der Waals surface area contributed by atoms with E-state index < -0.39 is 10.0 Å². The van der Waals surface area contributed by atoms with Gasteiger partial charge in [0.2, 0.25) is 15.9 Å². The molecule has 2 aromatic heterocycles. The minimum absolute atomic E-state index is 0.168. The number of rotatable bonds is 8. The van der Waals surface area contributed by atoms with Crippen LogP contribution in [0.3, 0.4) is 0 Å². The van der Waals surface area contributed by atoms with E-state index in [0.717, 1.165) is 13.0 Å². The second-order valence-electron chi connectivity index (χ2n) is 4.29. The van der Waals surface area contributed by atoms with Crippen LogP contribution in [0.2, 0.25) is 0 Å². The van der Waals surface area contributed by atoms with Crippen LogP contribution in [0.4, 0.5) is 5.82 Å². The van der Waals surface area contributed by atoms with Gasteiger partial charge in [0.05, 0.1) is 4.90 Å². The Labute approximate surface area is 123 Å². The van der Waals surface area contributed by atoms with E-state index in [1.165, 1.54) is 24.7 Å². The molecule has 0 fully saturated rings. The first-order chi connectivity index (χ1) is 10.1. The van der Waals surface area contributed by atoms with E-state index >= 15 is 0 Å². The molecule has 2 heterocycles. The minimum atomic E-state index is -3.58. The summed E-state index contributed by atoms with van der Waals surface area (Å²) in [5.41, 5.74) is 0. The lowest BCUT2D eigenvalue weighted by molar-refractivity contribution is 0.377. The van der Waals surface area contributed by atoms with E-state index in [9.17, 15) is 8.42 Å². The molecule has 0 saturated heterocycles. The molecular weight excluding hydrogens is 294 g/mol. The third-order valence-corrected chi connectivity index (χ3v) is 4.09. The predicted octanol–water partition coefficient (Wildman–Crippen LogP) is 0.807. The van der Waals surface area contributed by atoms with Crippen molar-refractivity contribution < 1.29 is 12.9 Å². The second kappa shape index (κ2) is 7.14. The molecule has 0 aliphatic rings. The van der Waals surface area contributed by atoms with Crippen LogP contribution in [0.25, 0.3) is 0 Å². The first kappa shape index (κ1) is 15.4. The molecule has 0 radical (unpaired) electrons. The standard InChI is InChI=1S/C12H17N5O3S/c1-2-5-13-11-8-10(3-6-14-11)21(18,19)17-7-4-12-15-9-16-20-12/h3,6,8-9,17H,2,4-5,7H2,1H3,(H,13,14). The number of hydrogen-bond donors (Lipinski definition) is 2. The van der Waals surface area contributed by atoms with Gasteiger partial charge < -0.3 is 9.84 Å². The van der Waals surface area contributed by atoms with Crippen LogP contribution in [0.1, 0.15) is 19.2 Å². The lowest BCUT2D eigenvalue weighted by Crippen LogP contribution is -2.26. The monoisotopic (exact) mass is 311 g/mol. The Kier molecular flexibility index (Phi) is 5.23. The van der Waals surface area contributed by atoms with Gasteiger partial charge in [-0.15, -0.1) is 0 Å². The Morgan fingerprint density at radius 2 is 2.14 bits per heavy atom. The molecule has 0 amide bonds. The van der Waals surface area contributed by atoms with Gasteiger partial charge in [-0.05, 0) is 12.5 Å².